The summed E-state index contributed by atoms with van der Waals surface area (Å²) in [6.45, 7) is -0.375. The van der Waals surface area contributed by atoms with Crippen LogP contribution in [0.4, 0.5) is 9.18 Å². The largest absolute Gasteiger partial charge is 0.325 e. The number of amides is 3. The highest BCUT2D eigenvalue weighted by Gasteiger charge is 2.39. The number of carbonyl (C=O) groups excluding carboxylic acids is 3. The van der Waals surface area contributed by atoms with E-state index >= 15 is 0 Å². The molecular weight excluding hydrogens is 299 g/mol. The highest BCUT2D eigenvalue weighted by Crippen LogP contribution is 2.21. The molecule has 0 bridgehead atoms. The Morgan fingerprint density at radius 2 is 1.70 bits per heavy atom. The van der Waals surface area contributed by atoms with Gasteiger partial charge in [0.25, 0.3) is 5.91 Å². The average molecular weight is 312 g/mol. The van der Waals surface area contributed by atoms with Gasteiger partial charge in [0.2, 0.25) is 0 Å². The van der Waals surface area contributed by atoms with Gasteiger partial charge in [-0.3, -0.25) is 14.5 Å². The first-order valence-electron chi connectivity index (χ1n) is 7.02. The van der Waals surface area contributed by atoms with E-state index in [1.807, 2.05) is 0 Å². The fraction of sp³-hybridized carbons (Fsp3) is 0.118. The van der Waals surface area contributed by atoms with Crippen molar-refractivity contribution in [2.45, 2.75) is 6.04 Å². The summed E-state index contributed by atoms with van der Waals surface area (Å²) in [5, 5.41) is 2.56. The first-order chi connectivity index (χ1) is 11.1. The summed E-state index contributed by atoms with van der Waals surface area (Å²) in [7, 11) is 0. The van der Waals surface area contributed by atoms with E-state index in [1.165, 1.54) is 12.1 Å². The molecule has 6 heteroatoms. The Bertz CT molecular complexity index is 759. The number of hydrogen-bond acceptors (Lipinski definition) is 3. The topological polar surface area (TPSA) is 66.5 Å². The lowest BCUT2D eigenvalue weighted by atomic mass is 10.1. The summed E-state index contributed by atoms with van der Waals surface area (Å²) in [6, 6.07) is 12.4. The van der Waals surface area contributed by atoms with Gasteiger partial charge in [0, 0.05) is 5.56 Å². The van der Waals surface area contributed by atoms with Gasteiger partial charge in [-0.15, -0.1) is 0 Å². The van der Waals surface area contributed by atoms with Gasteiger partial charge in [-0.25, -0.2) is 9.18 Å². The molecule has 116 valence electrons. The van der Waals surface area contributed by atoms with Gasteiger partial charge in [0.1, 0.15) is 11.9 Å². The van der Waals surface area contributed by atoms with Crippen molar-refractivity contribution in [1.29, 1.82) is 0 Å². The van der Waals surface area contributed by atoms with Gasteiger partial charge in [0.05, 0.1) is 6.54 Å². The van der Waals surface area contributed by atoms with Crippen LogP contribution in [0.2, 0.25) is 0 Å². The molecule has 23 heavy (non-hydrogen) atoms. The summed E-state index contributed by atoms with van der Waals surface area (Å²) >= 11 is 0. The Morgan fingerprint density at radius 3 is 2.35 bits per heavy atom. The van der Waals surface area contributed by atoms with E-state index < -0.39 is 29.6 Å². The molecule has 1 fully saturated rings. The number of urea groups is 1. The summed E-state index contributed by atoms with van der Waals surface area (Å²) in [4.78, 5) is 37.4. The molecule has 0 aromatic heterocycles. The zero-order valence-corrected chi connectivity index (χ0v) is 12.0. The SMILES string of the molecule is O=C(CN1C(=O)NC(c2ccccc2)C1=O)c1ccc(F)cc1. The van der Waals surface area contributed by atoms with Crippen molar-refractivity contribution in [3.63, 3.8) is 0 Å². The third-order valence-electron chi connectivity index (χ3n) is 3.63. The zero-order chi connectivity index (χ0) is 16.4. The van der Waals surface area contributed by atoms with Gasteiger partial charge in [-0.1, -0.05) is 30.3 Å². The van der Waals surface area contributed by atoms with Crippen LogP contribution < -0.4 is 5.32 Å². The number of ketones is 1. The van der Waals surface area contributed by atoms with Crippen molar-refractivity contribution < 1.29 is 18.8 Å². The first-order valence-corrected chi connectivity index (χ1v) is 7.02. The van der Waals surface area contributed by atoms with E-state index in [9.17, 15) is 18.8 Å². The van der Waals surface area contributed by atoms with E-state index in [1.54, 1.807) is 30.3 Å². The maximum Gasteiger partial charge on any atom is 0.325 e. The number of carbonyl (C=O) groups is 3. The quantitative estimate of drug-likeness (QED) is 0.696. The monoisotopic (exact) mass is 312 g/mol. The molecule has 0 saturated carbocycles. The number of rotatable bonds is 4. The molecule has 1 aliphatic rings. The molecule has 3 rings (SSSR count). The van der Waals surface area contributed by atoms with Crippen LogP contribution in [0.3, 0.4) is 0 Å². The molecule has 2 aromatic rings. The highest BCUT2D eigenvalue weighted by molar-refractivity contribution is 6.09. The third kappa shape index (κ3) is 2.96. The first kappa shape index (κ1) is 14.9. The standard InChI is InChI=1S/C17H13FN2O3/c18-13-8-6-11(7-9-13)14(21)10-20-16(22)15(19-17(20)23)12-4-2-1-3-5-12/h1-9,15H,10H2,(H,19,23). The predicted molar refractivity (Wildman–Crippen MR) is 80.2 cm³/mol. The number of benzene rings is 2. The van der Waals surface area contributed by atoms with E-state index in [0.717, 1.165) is 17.0 Å². The van der Waals surface area contributed by atoms with E-state index in [2.05, 4.69) is 5.32 Å². The minimum atomic E-state index is -0.787. The number of nitrogens with zero attached hydrogens (tertiary/aromatic N) is 1. The molecule has 2 aromatic carbocycles. The summed E-state index contributed by atoms with van der Waals surface area (Å²) in [6.07, 6.45) is 0. The fourth-order valence-electron chi connectivity index (χ4n) is 2.41. The number of nitrogens with one attached hydrogen (secondary N) is 1. The van der Waals surface area contributed by atoms with Crippen LogP contribution in [-0.4, -0.2) is 29.2 Å². The zero-order valence-electron chi connectivity index (χ0n) is 12.0. The van der Waals surface area contributed by atoms with Gasteiger partial charge in [-0.05, 0) is 29.8 Å². The van der Waals surface area contributed by atoms with Crippen LogP contribution in [0.5, 0.6) is 0 Å². The molecule has 1 N–H and O–H groups in total. The Kier molecular flexibility index (Phi) is 3.89. The fourth-order valence-corrected chi connectivity index (χ4v) is 2.41. The summed E-state index contributed by atoms with van der Waals surface area (Å²) < 4.78 is 12.9. The summed E-state index contributed by atoms with van der Waals surface area (Å²) in [5.41, 5.74) is 0.901. The minimum Gasteiger partial charge on any atom is -0.322 e. The van der Waals surface area contributed by atoms with Crippen LogP contribution in [-0.2, 0) is 4.79 Å². The Morgan fingerprint density at radius 1 is 1.04 bits per heavy atom. The Labute approximate surface area is 131 Å². The lowest BCUT2D eigenvalue weighted by Gasteiger charge is -2.12. The van der Waals surface area contributed by atoms with Crippen LogP contribution in [0, 0.1) is 5.82 Å². The molecule has 5 nitrogen and oxygen atoms in total. The van der Waals surface area contributed by atoms with Crippen molar-refractivity contribution >= 4 is 17.7 Å². The Balaban J connectivity index is 1.76. The lowest BCUT2D eigenvalue weighted by molar-refractivity contribution is -0.127. The maximum absolute atomic E-state index is 12.9. The second-order valence-electron chi connectivity index (χ2n) is 5.15. The van der Waals surface area contributed by atoms with Crippen LogP contribution in [0.1, 0.15) is 22.0 Å². The molecule has 0 aliphatic carbocycles. The molecule has 0 radical (unpaired) electrons. The maximum atomic E-state index is 12.9. The minimum absolute atomic E-state index is 0.246. The molecule has 0 spiro atoms. The van der Waals surface area contributed by atoms with E-state index in [4.69, 9.17) is 0 Å². The third-order valence-corrected chi connectivity index (χ3v) is 3.63. The average Bonchev–Trinajstić information content (AvgIpc) is 2.84. The molecule has 3 amide bonds. The number of imide groups is 1. The van der Waals surface area contributed by atoms with E-state index in [-0.39, 0.29) is 12.1 Å². The molecule has 1 saturated heterocycles. The Hall–Kier alpha value is -3.02. The van der Waals surface area contributed by atoms with Crippen molar-refractivity contribution in [2.75, 3.05) is 6.54 Å². The predicted octanol–water partition coefficient (Wildman–Crippen LogP) is 2.30. The molecular formula is C17H13FN2O3. The number of halogens is 1. The van der Waals surface area contributed by atoms with Crippen molar-refractivity contribution in [2.24, 2.45) is 0 Å². The summed E-state index contributed by atoms with van der Waals surface area (Å²) in [5.74, 6) is -1.36. The molecule has 1 unspecified atom stereocenters. The van der Waals surface area contributed by atoms with Crippen LogP contribution in [0.25, 0.3) is 0 Å². The lowest BCUT2D eigenvalue weighted by Crippen LogP contribution is -2.35. The van der Waals surface area contributed by atoms with Gasteiger partial charge in [0.15, 0.2) is 5.78 Å². The second kappa shape index (κ2) is 6.00. The number of Topliss-reactive ketones (excluding diaryl/α,β-unsaturated/α-hetero) is 1. The van der Waals surface area contributed by atoms with Gasteiger partial charge in [-0.2, -0.15) is 0 Å². The molecule has 1 aliphatic heterocycles. The molecule has 1 heterocycles. The van der Waals surface area contributed by atoms with Gasteiger partial charge >= 0.3 is 6.03 Å². The van der Waals surface area contributed by atoms with Crippen molar-refractivity contribution in [3.05, 3.63) is 71.5 Å². The smallest absolute Gasteiger partial charge is 0.322 e. The van der Waals surface area contributed by atoms with Crippen LogP contribution >= 0.6 is 0 Å². The van der Waals surface area contributed by atoms with E-state index in [0.29, 0.717) is 5.56 Å². The normalized spacial score (nSPS) is 17.3. The molecule has 1 atom stereocenters. The van der Waals surface area contributed by atoms with Gasteiger partial charge < -0.3 is 5.32 Å². The number of hydrogen-bond donors (Lipinski definition) is 1. The van der Waals surface area contributed by atoms with Crippen LogP contribution in [0.15, 0.2) is 54.6 Å². The second-order valence-corrected chi connectivity index (χ2v) is 5.15. The highest BCUT2D eigenvalue weighted by atomic mass is 19.1. The van der Waals surface area contributed by atoms with Crippen molar-refractivity contribution in [1.82, 2.24) is 10.2 Å². The van der Waals surface area contributed by atoms with Crippen molar-refractivity contribution in [3.8, 4) is 0 Å².